The van der Waals surface area contributed by atoms with Crippen LogP contribution in [0.15, 0.2) is 12.7 Å². The van der Waals surface area contributed by atoms with Crippen LogP contribution in [0.4, 0.5) is 0 Å². The number of hydrogen-bond donors (Lipinski definition) is 2. The Labute approximate surface area is 121 Å². The van der Waals surface area contributed by atoms with Crippen molar-refractivity contribution in [1.29, 1.82) is 0 Å². The quantitative estimate of drug-likeness (QED) is 0.754. The second-order valence-electron chi connectivity index (χ2n) is 6.43. The van der Waals surface area contributed by atoms with Crippen molar-refractivity contribution in [2.45, 2.75) is 39.7 Å². The van der Waals surface area contributed by atoms with Gasteiger partial charge in [-0.15, -0.1) is 0 Å². The zero-order valence-corrected chi connectivity index (χ0v) is 12.7. The van der Waals surface area contributed by atoms with Crippen molar-refractivity contribution < 1.29 is 14.7 Å². The van der Waals surface area contributed by atoms with Gasteiger partial charge in [0.15, 0.2) is 0 Å². The van der Waals surface area contributed by atoms with Crippen LogP contribution < -0.4 is 5.32 Å². The average Bonchev–Trinajstić information content (AvgIpc) is 2.42. The van der Waals surface area contributed by atoms with Crippen molar-refractivity contribution >= 4 is 11.8 Å². The molecule has 2 amide bonds. The summed E-state index contributed by atoms with van der Waals surface area (Å²) in [6.45, 7) is 10.7. The highest BCUT2D eigenvalue weighted by molar-refractivity contribution is 5.87. The van der Waals surface area contributed by atoms with E-state index in [0.29, 0.717) is 25.9 Å². The fourth-order valence-electron chi connectivity index (χ4n) is 2.14. The van der Waals surface area contributed by atoms with Crippen LogP contribution in [0, 0.1) is 11.3 Å². The first kappa shape index (κ1) is 16.7. The number of hydrogen-bond acceptors (Lipinski definition) is 3. The van der Waals surface area contributed by atoms with Gasteiger partial charge in [0.05, 0.1) is 6.10 Å². The molecule has 0 saturated carbocycles. The third-order valence-electron chi connectivity index (χ3n) is 3.82. The van der Waals surface area contributed by atoms with Crippen molar-refractivity contribution in [2.75, 3.05) is 19.6 Å². The van der Waals surface area contributed by atoms with Gasteiger partial charge in [0.25, 0.3) is 0 Å². The van der Waals surface area contributed by atoms with Gasteiger partial charge >= 0.3 is 0 Å². The number of amides is 2. The Bertz CT molecular complexity index is 366. The molecule has 1 aliphatic heterocycles. The smallest absolute Gasteiger partial charge is 0.245 e. The molecule has 5 nitrogen and oxygen atoms in total. The Kier molecular flexibility index (Phi) is 5.74. The van der Waals surface area contributed by atoms with Crippen molar-refractivity contribution in [2.24, 2.45) is 11.3 Å². The van der Waals surface area contributed by atoms with Gasteiger partial charge in [0, 0.05) is 25.6 Å². The van der Waals surface area contributed by atoms with Crippen LogP contribution in [0.5, 0.6) is 0 Å². The van der Waals surface area contributed by atoms with Crippen LogP contribution in [0.2, 0.25) is 0 Å². The number of likely N-dealkylation sites (tertiary alicyclic amines) is 1. The molecule has 0 aromatic rings. The zero-order chi connectivity index (χ0) is 15.3. The van der Waals surface area contributed by atoms with Crippen LogP contribution in [0.3, 0.4) is 0 Å². The van der Waals surface area contributed by atoms with Gasteiger partial charge in [0.2, 0.25) is 11.8 Å². The summed E-state index contributed by atoms with van der Waals surface area (Å²) in [6, 6.07) is 0. The van der Waals surface area contributed by atoms with E-state index < -0.39 is 6.10 Å². The van der Waals surface area contributed by atoms with E-state index in [9.17, 15) is 14.7 Å². The molecule has 1 aliphatic rings. The predicted molar refractivity (Wildman–Crippen MR) is 78.0 cm³/mol. The lowest BCUT2D eigenvalue weighted by atomic mass is 9.89. The van der Waals surface area contributed by atoms with E-state index in [0.717, 1.165) is 0 Å². The molecule has 0 aromatic heterocycles. The maximum atomic E-state index is 12.0. The standard InChI is InChI=1S/C15H26N2O3/c1-5-13(19)17-8-6-11(7-9-17)14(20)16-10-12(18)15(2,3)4/h5,11-12,18H,1,6-10H2,2-4H3,(H,16,20). The lowest BCUT2D eigenvalue weighted by molar-refractivity contribution is -0.132. The number of nitrogens with zero attached hydrogens (tertiary/aromatic N) is 1. The molecule has 5 heteroatoms. The van der Waals surface area contributed by atoms with Crippen LogP contribution >= 0.6 is 0 Å². The summed E-state index contributed by atoms with van der Waals surface area (Å²) in [5.74, 6) is -0.179. The highest BCUT2D eigenvalue weighted by Gasteiger charge is 2.28. The summed E-state index contributed by atoms with van der Waals surface area (Å²) in [5.41, 5.74) is -0.243. The summed E-state index contributed by atoms with van der Waals surface area (Å²) in [5, 5.41) is 12.7. The highest BCUT2D eigenvalue weighted by atomic mass is 16.3. The molecule has 1 saturated heterocycles. The van der Waals surface area contributed by atoms with Gasteiger partial charge in [-0.3, -0.25) is 9.59 Å². The molecular weight excluding hydrogens is 256 g/mol. The highest BCUT2D eigenvalue weighted by Crippen LogP contribution is 2.20. The maximum Gasteiger partial charge on any atom is 0.245 e. The van der Waals surface area contributed by atoms with E-state index in [1.165, 1.54) is 6.08 Å². The third kappa shape index (κ3) is 4.63. The molecule has 1 rings (SSSR count). The molecule has 0 bridgehead atoms. The van der Waals surface area contributed by atoms with Crippen molar-refractivity contribution in [3.63, 3.8) is 0 Å². The number of carbonyl (C=O) groups excluding carboxylic acids is 2. The first-order valence-corrected chi connectivity index (χ1v) is 7.13. The molecular formula is C15H26N2O3. The zero-order valence-electron chi connectivity index (χ0n) is 12.7. The van der Waals surface area contributed by atoms with Crippen LogP contribution in [-0.2, 0) is 9.59 Å². The average molecular weight is 282 g/mol. The number of nitrogens with one attached hydrogen (secondary N) is 1. The fourth-order valence-corrected chi connectivity index (χ4v) is 2.14. The minimum Gasteiger partial charge on any atom is -0.391 e. The summed E-state index contributed by atoms with van der Waals surface area (Å²) in [7, 11) is 0. The third-order valence-corrected chi connectivity index (χ3v) is 3.82. The van der Waals surface area contributed by atoms with Gasteiger partial charge in [0.1, 0.15) is 0 Å². The molecule has 1 heterocycles. The van der Waals surface area contributed by atoms with Crippen molar-refractivity contribution in [3.05, 3.63) is 12.7 Å². The lowest BCUT2D eigenvalue weighted by Crippen LogP contribution is -2.45. The molecule has 1 atom stereocenters. The Morgan fingerprint density at radius 2 is 1.95 bits per heavy atom. The molecule has 1 unspecified atom stereocenters. The minimum atomic E-state index is -0.561. The summed E-state index contributed by atoms with van der Waals surface area (Å²) in [6.07, 6.45) is 2.07. The number of aliphatic hydroxyl groups excluding tert-OH is 1. The monoisotopic (exact) mass is 282 g/mol. The van der Waals surface area contributed by atoms with E-state index in [2.05, 4.69) is 11.9 Å². The topological polar surface area (TPSA) is 69.6 Å². The first-order chi connectivity index (χ1) is 9.25. The fraction of sp³-hybridized carbons (Fsp3) is 0.733. The second-order valence-corrected chi connectivity index (χ2v) is 6.43. The normalized spacial score (nSPS) is 18.5. The van der Waals surface area contributed by atoms with Gasteiger partial charge in [-0.05, 0) is 24.3 Å². The van der Waals surface area contributed by atoms with Gasteiger partial charge in [-0.1, -0.05) is 27.4 Å². The summed E-state index contributed by atoms with van der Waals surface area (Å²) >= 11 is 0. The second kappa shape index (κ2) is 6.88. The number of piperidine rings is 1. The SMILES string of the molecule is C=CC(=O)N1CCC(C(=O)NCC(O)C(C)(C)C)CC1. The Balaban J connectivity index is 2.36. The summed E-state index contributed by atoms with van der Waals surface area (Å²) in [4.78, 5) is 25.2. The van der Waals surface area contributed by atoms with Crippen molar-refractivity contribution in [1.82, 2.24) is 10.2 Å². The molecule has 0 aromatic carbocycles. The maximum absolute atomic E-state index is 12.0. The Morgan fingerprint density at radius 3 is 2.40 bits per heavy atom. The molecule has 20 heavy (non-hydrogen) atoms. The lowest BCUT2D eigenvalue weighted by Gasteiger charge is -2.31. The predicted octanol–water partition coefficient (Wildman–Crippen LogP) is 0.934. The minimum absolute atomic E-state index is 0.0287. The van der Waals surface area contributed by atoms with E-state index >= 15 is 0 Å². The van der Waals surface area contributed by atoms with E-state index in [4.69, 9.17) is 0 Å². The Hall–Kier alpha value is -1.36. The van der Waals surface area contributed by atoms with Gasteiger partial charge in [-0.2, -0.15) is 0 Å². The van der Waals surface area contributed by atoms with Gasteiger partial charge < -0.3 is 15.3 Å². The number of aliphatic hydroxyl groups is 1. The van der Waals surface area contributed by atoms with Gasteiger partial charge in [-0.25, -0.2) is 0 Å². The van der Waals surface area contributed by atoms with E-state index in [1.54, 1.807) is 4.90 Å². The summed E-state index contributed by atoms with van der Waals surface area (Å²) < 4.78 is 0. The molecule has 0 spiro atoms. The van der Waals surface area contributed by atoms with E-state index in [1.807, 2.05) is 20.8 Å². The van der Waals surface area contributed by atoms with E-state index in [-0.39, 0.29) is 29.7 Å². The molecule has 0 radical (unpaired) electrons. The number of rotatable bonds is 4. The molecule has 2 N–H and O–H groups in total. The van der Waals surface area contributed by atoms with Crippen molar-refractivity contribution in [3.8, 4) is 0 Å². The molecule has 0 aliphatic carbocycles. The molecule has 1 fully saturated rings. The largest absolute Gasteiger partial charge is 0.391 e. The molecule has 114 valence electrons. The Morgan fingerprint density at radius 1 is 1.40 bits per heavy atom. The first-order valence-electron chi connectivity index (χ1n) is 7.13. The van der Waals surface area contributed by atoms with Crippen LogP contribution in [0.25, 0.3) is 0 Å². The van der Waals surface area contributed by atoms with Crippen LogP contribution in [-0.4, -0.2) is 47.6 Å². The van der Waals surface area contributed by atoms with Crippen LogP contribution in [0.1, 0.15) is 33.6 Å². The number of carbonyl (C=O) groups is 2.